The van der Waals surface area contributed by atoms with Crippen LogP contribution >= 0.6 is 0 Å². The molecule has 5 heteroatoms. The second-order valence-electron chi connectivity index (χ2n) is 4.22. The molecule has 0 saturated carbocycles. The zero-order valence-corrected chi connectivity index (χ0v) is 10.1. The van der Waals surface area contributed by atoms with Gasteiger partial charge in [-0.3, -0.25) is 10.1 Å². The Morgan fingerprint density at radius 1 is 1.56 bits per heavy atom. The van der Waals surface area contributed by atoms with Crippen molar-refractivity contribution >= 4 is 11.4 Å². The van der Waals surface area contributed by atoms with E-state index in [9.17, 15) is 10.1 Å². The molecule has 1 fully saturated rings. The van der Waals surface area contributed by atoms with Crippen LogP contribution in [0.25, 0.3) is 0 Å². The quantitative estimate of drug-likeness (QED) is 0.456. The average Bonchev–Trinajstić information content (AvgIpc) is 2.85. The minimum Gasteiger partial charge on any atom is -0.372 e. The summed E-state index contributed by atoms with van der Waals surface area (Å²) in [5.41, 5.74) is 0.828. The maximum atomic E-state index is 11.0. The molecule has 0 aliphatic carbocycles. The Labute approximate surface area is 106 Å². The zero-order valence-electron chi connectivity index (χ0n) is 10.1. The summed E-state index contributed by atoms with van der Waals surface area (Å²) in [5.74, 6) is 0. The molecule has 5 nitrogen and oxygen atoms in total. The van der Waals surface area contributed by atoms with Crippen LogP contribution < -0.4 is 4.90 Å². The molecule has 1 aliphatic rings. The Morgan fingerprint density at radius 2 is 2.33 bits per heavy atom. The average molecular weight is 248 g/mol. The third-order valence-electron chi connectivity index (χ3n) is 3.01. The lowest BCUT2D eigenvalue weighted by atomic mass is 10.2. The van der Waals surface area contributed by atoms with Crippen LogP contribution in [0.1, 0.15) is 6.42 Å². The molecule has 1 aromatic carbocycles. The summed E-state index contributed by atoms with van der Waals surface area (Å²) in [6.07, 6.45) is 2.73. The summed E-state index contributed by atoms with van der Waals surface area (Å²) >= 11 is 0. The minimum atomic E-state index is -0.340. The molecule has 18 heavy (non-hydrogen) atoms. The number of hydrogen-bond donors (Lipinski definition) is 0. The largest absolute Gasteiger partial charge is 0.372 e. The van der Waals surface area contributed by atoms with Gasteiger partial charge in [-0.05, 0) is 12.5 Å². The van der Waals surface area contributed by atoms with Gasteiger partial charge in [0.15, 0.2) is 0 Å². The molecule has 0 amide bonds. The summed E-state index contributed by atoms with van der Waals surface area (Å²) in [4.78, 5) is 12.6. The van der Waals surface area contributed by atoms with Crippen LogP contribution in [0.2, 0.25) is 0 Å². The van der Waals surface area contributed by atoms with Gasteiger partial charge in [-0.25, -0.2) is 0 Å². The molecule has 1 atom stereocenters. The maximum absolute atomic E-state index is 11.0. The number of para-hydroxylation sites is 2. The zero-order chi connectivity index (χ0) is 13.0. The van der Waals surface area contributed by atoms with Crippen LogP contribution in [-0.2, 0) is 4.74 Å². The van der Waals surface area contributed by atoms with Crippen molar-refractivity contribution in [3.05, 3.63) is 47.0 Å². The lowest BCUT2D eigenvalue weighted by molar-refractivity contribution is -0.384. The molecule has 0 bridgehead atoms. The van der Waals surface area contributed by atoms with E-state index in [0.717, 1.165) is 13.0 Å². The number of benzene rings is 1. The first-order chi connectivity index (χ1) is 8.72. The van der Waals surface area contributed by atoms with Crippen LogP contribution in [0, 0.1) is 10.1 Å². The highest BCUT2D eigenvalue weighted by molar-refractivity contribution is 5.63. The number of nitrogens with zero attached hydrogens (tertiary/aromatic N) is 2. The first-order valence-corrected chi connectivity index (χ1v) is 5.93. The summed E-state index contributed by atoms with van der Waals surface area (Å²) in [6.45, 7) is 5.61. The molecule has 96 valence electrons. The molecular formula is C13H16N2O3. The Morgan fingerprint density at radius 3 is 3.06 bits per heavy atom. The van der Waals surface area contributed by atoms with E-state index in [2.05, 4.69) is 6.58 Å². The van der Waals surface area contributed by atoms with E-state index in [0.29, 0.717) is 18.8 Å². The summed E-state index contributed by atoms with van der Waals surface area (Å²) in [6, 6.07) is 6.82. The van der Waals surface area contributed by atoms with Crippen LogP contribution in [0.4, 0.5) is 11.4 Å². The van der Waals surface area contributed by atoms with Gasteiger partial charge in [0.2, 0.25) is 0 Å². The van der Waals surface area contributed by atoms with E-state index >= 15 is 0 Å². The van der Waals surface area contributed by atoms with E-state index in [4.69, 9.17) is 4.74 Å². The fourth-order valence-electron chi connectivity index (χ4n) is 2.17. The lowest BCUT2D eigenvalue weighted by Gasteiger charge is -2.18. The van der Waals surface area contributed by atoms with Gasteiger partial charge in [-0.2, -0.15) is 0 Å². The van der Waals surface area contributed by atoms with Crippen molar-refractivity contribution in [2.45, 2.75) is 12.5 Å². The second kappa shape index (κ2) is 5.64. The van der Waals surface area contributed by atoms with Gasteiger partial charge < -0.3 is 9.64 Å². The molecule has 1 aromatic rings. The number of anilines is 1. The Kier molecular flexibility index (Phi) is 3.94. The number of hydrogen-bond acceptors (Lipinski definition) is 4. The molecule has 1 aliphatic heterocycles. The Bertz CT molecular complexity index is 448. The van der Waals surface area contributed by atoms with Crippen molar-refractivity contribution in [3.8, 4) is 0 Å². The Balaban J connectivity index is 2.09. The van der Waals surface area contributed by atoms with E-state index in [1.807, 2.05) is 11.0 Å². The van der Waals surface area contributed by atoms with Gasteiger partial charge in [0.25, 0.3) is 5.69 Å². The standard InChI is InChI=1S/C13H16N2O3/c1-2-9-18-11-7-8-14(10-11)12-5-3-4-6-13(12)15(16)17/h2-6,11H,1,7-10H2. The molecule has 0 N–H and O–H groups in total. The fourth-order valence-corrected chi connectivity index (χ4v) is 2.17. The third-order valence-corrected chi connectivity index (χ3v) is 3.01. The molecule has 2 rings (SSSR count). The van der Waals surface area contributed by atoms with E-state index in [-0.39, 0.29) is 16.7 Å². The summed E-state index contributed by atoms with van der Waals surface area (Å²) in [7, 11) is 0. The topological polar surface area (TPSA) is 55.6 Å². The van der Waals surface area contributed by atoms with Crippen molar-refractivity contribution in [1.82, 2.24) is 0 Å². The third kappa shape index (κ3) is 2.68. The van der Waals surface area contributed by atoms with Crippen LogP contribution in [0.5, 0.6) is 0 Å². The van der Waals surface area contributed by atoms with Gasteiger partial charge in [0, 0.05) is 19.2 Å². The molecule has 1 heterocycles. The number of rotatable bonds is 5. The van der Waals surface area contributed by atoms with Crippen molar-refractivity contribution < 1.29 is 9.66 Å². The summed E-state index contributed by atoms with van der Waals surface area (Å²) in [5, 5.41) is 11.0. The molecule has 0 radical (unpaired) electrons. The molecule has 1 saturated heterocycles. The maximum Gasteiger partial charge on any atom is 0.292 e. The fraction of sp³-hybridized carbons (Fsp3) is 0.385. The lowest BCUT2D eigenvalue weighted by Crippen LogP contribution is -2.23. The SMILES string of the molecule is C=CCOC1CCN(c2ccccc2[N+](=O)[O-])C1. The smallest absolute Gasteiger partial charge is 0.292 e. The van der Waals surface area contributed by atoms with Crippen LogP contribution in [0.3, 0.4) is 0 Å². The predicted molar refractivity (Wildman–Crippen MR) is 69.9 cm³/mol. The molecular weight excluding hydrogens is 232 g/mol. The molecule has 1 unspecified atom stereocenters. The van der Waals surface area contributed by atoms with E-state index in [1.54, 1.807) is 18.2 Å². The number of nitro benzene ring substituents is 1. The number of nitro groups is 1. The van der Waals surface area contributed by atoms with Gasteiger partial charge in [0.1, 0.15) is 5.69 Å². The van der Waals surface area contributed by atoms with Crippen molar-refractivity contribution in [2.75, 3.05) is 24.6 Å². The first-order valence-electron chi connectivity index (χ1n) is 5.93. The predicted octanol–water partition coefficient (Wildman–Crippen LogP) is 2.38. The second-order valence-corrected chi connectivity index (χ2v) is 4.22. The highest BCUT2D eigenvalue weighted by Gasteiger charge is 2.27. The van der Waals surface area contributed by atoms with Gasteiger partial charge in [-0.1, -0.05) is 18.2 Å². The van der Waals surface area contributed by atoms with Gasteiger partial charge in [0.05, 0.1) is 17.6 Å². The first kappa shape index (κ1) is 12.6. The van der Waals surface area contributed by atoms with Gasteiger partial charge >= 0.3 is 0 Å². The minimum absolute atomic E-state index is 0.128. The van der Waals surface area contributed by atoms with Crippen LogP contribution in [-0.4, -0.2) is 30.7 Å². The van der Waals surface area contributed by atoms with Gasteiger partial charge in [-0.15, -0.1) is 6.58 Å². The van der Waals surface area contributed by atoms with Crippen molar-refractivity contribution in [1.29, 1.82) is 0 Å². The summed E-state index contributed by atoms with van der Waals surface area (Å²) < 4.78 is 5.57. The van der Waals surface area contributed by atoms with Crippen LogP contribution in [0.15, 0.2) is 36.9 Å². The van der Waals surface area contributed by atoms with Crippen molar-refractivity contribution in [2.24, 2.45) is 0 Å². The van der Waals surface area contributed by atoms with E-state index < -0.39 is 0 Å². The molecule has 0 spiro atoms. The normalized spacial score (nSPS) is 18.9. The number of ether oxygens (including phenoxy) is 1. The monoisotopic (exact) mass is 248 g/mol. The van der Waals surface area contributed by atoms with E-state index in [1.165, 1.54) is 6.07 Å². The van der Waals surface area contributed by atoms with Crippen molar-refractivity contribution in [3.63, 3.8) is 0 Å². The highest BCUT2D eigenvalue weighted by atomic mass is 16.6. The molecule has 0 aromatic heterocycles. The highest BCUT2D eigenvalue weighted by Crippen LogP contribution is 2.30. The Hall–Kier alpha value is -1.88.